The van der Waals surface area contributed by atoms with E-state index in [1.165, 1.54) is 11.1 Å². The van der Waals surface area contributed by atoms with Gasteiger partial charge in [-0.1, -0.05) is 28.9 Å². The quantitative estimate of drug-likeness (QED) is 0.806. The van der Waals surface area contributed by atoms with Crippen LogP contribution in [0.4, 0.5) is 5.88 Å². The van der Waals surface area contributed by atoms with Gasteiger partial charge < -0.3 is 10.3 Å². The van der Waals surface area contributed by atoms with Crippen LogP contribution in [0.3, 0.4) is 0 Å². The lowest BCUT2D eigenvalue weighted by atomic mass is 10.0. The molecule has 78 valence electrons. The summed E-state index contributed by atoms with van der Waals surface area (Å²) in [6.07, 6.45) is 0. The zero-order valence-electron chi connectivity index (χ0n) is 8.54. The van der Waals surface area contributed by atoms with Crippen LogP contribution < -0.4 is 5.73 Å². The van der Waals surface area contributed by atoms with Gasteiger partial charge >= 0.3 is 0 Å². The molecular formula is C11H11ClN2O. The molecule has 0 amide bonds. The van der Waals surface area contributed by atoms with Gasteiger partial charge in [0.15, 0.2) is 0 Å². The zero-order chi connectivity index (χ0) is 11.0. The Morgan fingerprint density at radius 1 is 1.27 bits per heavy atom. The Labute approximate surface area is 92.8 Å². The summed E-state index contributed by atoms with van der Waals surface area (Å²) < 4.78 is 4.82. The first-order chi connectivity index (χ1) is 7.09. The van der Waals surface area contributed by atoms with Gasteiger partial charge in [-0.25, -0.2) is 0 Å². The van der Waals surface area contributed by atoms with Crippen LogP contribution >= 0.6 is 11.6 Å². The number of hydrogen-bond donors (Lipinski definition) is 1. The minimum absolute atomic E-state index is 0.157. The molecule has 1 aromatic heterocycles. The van der Waals surface area contributed by atoms with E-state index in [0.717, 1.165) is 5.56 Å². The van der Waals surface area contributed by atoms with Crippen LogP contribution in [0.1, 0.15) is 11.1 Å². The predicted molar refractivity (Wildman–Crippen MR) is 60.8 cm³/mol. The minimum Gasteiger partial charge on any atom is -0.366 e. The van der Waals surface area contributed by atoms with Gasteiger partial charge in [-0.3, -0.25) is 0 Å². The minimum atomic E-state index is 0.157. The lowest BCUT2D eigenvalue weighted by molar-refractivity contribution is 0.439. The molecule has 0 saturated heterocycles. The third-order valence-electron chi connectivity index (χ3n) is 2.44. The SMILES string of the molecule is Cc1ccc(-c2noc(N)c2Cl)cc1C. The number of benzene rings is 1. The van der Waals surface area contributed by atoms with Crippen molar-refractivity contribution in [2.45, 2.75) is 13.8 Å². The van der Waals surface area contributed by atoms with E-state index >= 15 is 0 Å². The molecule has 0 saturated carbocycles. The van der Waals surface area contributed by atoms with Gasteiger partial charge in [0.1, 0.15) is 10.7 Å². The molecular weight excluding hydrogens is 212 g/mol. The Bertz CT molecular complexity index is 505. The predicted octanol–water partition coefficient (Wildman–Crippen LogP) is 3.19. The van der Waals surface area contributed by atoms with Crippen molar-refractivity contribution in [1.82, 2.24) is 5.16 Å². The van der Waals surface area contributed by atoms with Crippen LogP contribution in [0.15, 0.2) is 22.7 Å². The number of halogens is 1. The molecule has 3 nitrogen and oxygen atoms in total. The Morgan fingerprint density at radius 2 is 2.00 bits per heavy atom. The zero-order valence-corrected chi connectivity index (χ0v) is 9.30. The first kappa shape index (κ1) is 10.1. The molecule has 0 fully saturated rings. The Morgan fingerprint density at radius 3 is 2.53 bits per heavy atom. The van der Waals surface area contributed by atoms with Gasteiger partial charge in [0.2, 0.25) is 5.88 Å². The monoisotopic (exact) mass is 222 g/mol. The van der Waals surface area contributed by atoms with Crippen molar-refractivity contribution in [3.05, 3.63) is 34.3 Å². The molecule has 0 bridgehead atoms. The number of anilines is 1. The summed E-state index contributed by atoms with van der Waals surface area (Å²) in [5.74, 6) is 0.157. The van der Waals surface area contributed by atoms with Gasteiger partial charge in [0.05, 0.1) is 0 Å². The molecule has 0 atom stereocenters. The van der Waals surface area contributed by atoms with E-state index in [4.69, 9.17) is 21.9 Å². The fraction of sp³-hybridized carbons (Fsp3) is 0.182. The molecule has 2 rings (SSSR count). The Hall–Kier alpha value is -1.48. The normalized spacial score (nSPS) is 10.6. The average Bonchev–Trinajstić information content (AvgIpc) is 2.53. The van der Waals surface area contributed by atoms with Crippen LogP contribution in [0.2, 0.25) is 5.02 Å². The van der Waals surface area contributed by atoms with Crippen molar-refractivity contribution < 1.29 is 4.52 Å². The van der Waals surface area contributed by atoms with Crippen LogP contribution in [-0.2, 0) is 0 Å². The smallest absolute Gasteiger partial charge is 0.241 e. The average molecular weight is 223 g/mol. The molecule has 0 unspecified atom stereocenters. The second kappa shape index (κ2) is 3.59. The Balaban J connectivity index is 2.55. The summed E-state index contributed by atoms with van der Waals surface area (Å²) in [7, 11) is 0. The summed E-state index contributed by atoms with van der Waals surface area (Å²) >= 11 is 5.95. The van der Waals surface area contributed by atoms with E-state index in [9.17, 15) is 0 Å². The van der Waals surface area contributed by atoms with Gasteiger partial charge in [0, 0.05) is 5.56 Å². The van der Waals surface area contributed by atoms with Crippen LogP contribution in [-0.4, -0.2) is 5.16 Å². The van der Waals surface area contributed by atoms with Gasteiger partial charge in [-0.05, 0) is 31.0 Å². The van der Waals surface area contributed by atoms with E-state index in [1.807, 2.05) is 25.1 Å². The number of hydrogen-bond acceptors (Lipinski definition) is 3. The molecule has 4 heteroatoms. The van der Waals surface area contributed by atoms with Crippen LogP contribution in [0.25, 0.3) is 11.3 Å². The highest BCUT2D eigenvalue weighted by Gasteiger charge is 2.13. The summed E-state index contributed by atoms with van der Waals surface area (Å²) in [6.45, 7) is 4.09. The van der Waals surface area contributed by atoms with Gasteiger partial charge in [-0.15, -0.1) is 0 Å². The van der Waals surface area contributed by atoms with Crippen molar-refractivity contribution in [2.75, 3.05) is 5.73 Å². The van der Waals surface area contributed by atoms with E-state index in [0.29, 0.717) is 10.7 Å². The summed E-state index contributed by atoms with van der Waals surface area (Å²) in [5.41, 5.74) is 9.41. The molecule has 1 aromatic carbocycles. The number of nitrogen functional groups attached to an aromatic ring is 1. The molecule has 1 heterocycles. The maximum atomic E-state index is 5.95. The number of aryl methyl sites for hydroxylation is 2. The maximum absolute atomic E-state index is 5.95. The fourth-order valence-corrected chi connectivity index (χ4v) is 1.54. The van der Waals surface area contributed by atoms with Crippen LogP contribution in [0.5, 0.6) is 0 Å². The lowest BCUT2D eigenvalue weighted by Crippen LogP contribution is -1.84. The molecule has 15 heavy (non-hydrogen) atoms. The highest BCUT2D eigenvalue weighted by atomic mass is 35.5. The van der Waals surface area contributed by atoms with Crippen molar-refractivity contribution in [2.24, 2.45) is 0 Å². The summed E-state index contributed by atoms with van der Waals surface area (Å²) in [5, 5.41) is 4.20. The van der Waals surface area contributed by atoms with Gasteiger partial charge in [-0.2, -0.15) is 0 Å². The Kier molecular flexibility index (Phi) is 2.40. The topological polar surface area (TPSA) is 52.0 Å². The lowest BCUT2D eigenvalue weighted by Gasteiger charge is -2.02. The van der Waals surface area contributed by atoms with Crippen LogP contribution in [0, 0.1) is 13.8 Å². The first-order valence-corrected chi connectivity index (χ1v) is 4.95. The molecule has 0 aliphatic rings. The fourth-order valence-electron chi connectivity index (χ4n) is 1.36. The van der Waals surface area contributed by atoms with Crippen molar-refractivity contribution in [1.29, 1.82) is 0 Å². The third-order valence-corrected chi connectivity index (χ3v) is 2.81. The second-order valence-electron chi connectivity index (χ2n) is 3.51. The molecule has 0 spiro atoms. The highest BCUT2D eigenvalue weighted by Crippen LogP contribution is 2.32. The van der Waals surface area contributed by atoms with E-state index < -0.39 is 0 Å². The molecule has 0 aliphatic carbocycles. The van der Waals surface area contributed by atoms with Crippen molar-refractivity contribution in [3.63, 3.8) is 0 Å². The maximum Gasteiger partial charge on any atom is 0.241 e. The van der Waals surface area contributed by atoms with Crippen molar-refractivity contribution >= 4 is 17.5 Å². The molecule has 2 aromatic rings. The molecule has 0 aliphatic heterocycles. The van der Waals surface area contributed by atoms with Crippen molar-refractivity contribution in [3.8, 4) is 11.3 Å². The third kappa shape index (κ3) is 1.70. The number of nitrogens with two attached hydrogens (primary N) is 1. The summed E-state index contributed by atoms with van der Waals surface area (Å²) in [6, 6.07) is 5.98. The van der Waals surface area contributed by atoms with Gasteiger partial charge in [0.25, 0.3) is 0 Å². The van der Waals surface area contributed by atoms with E-state index in [2.05, 4.69) is 12.1 Å². The van der Waals surface area contributed by atoms with E-state index in [1.54, 1.807) is 0 Å². The standard InChI is InChI=1S/C11H11ClN2O/c1-6-3-4-8(5-7(6)2)10-9(12)11(13)15-14-10/h3-5H,13H2,1-2H3. The molecule has 0 radical (unpaired) electrons. The number of rotatable bonds is 1. The number of aromatic nitrogens is 1. The highest BCUT2D eigenvalue weighted by molar-refractivity contribution is 6.35. The second-order valence-corrected chi connectivity index (χ2v) is 3.89. The van der Waals surface area contributed by atoms with E-state index in [-0.39, 0.29) is 5.88 Å². The number of nitrogens with zero attached hydrogens (tertiary/aromatic N) is 1. The molecule has 2 N–H and O–H groups in total. The summed E-state index contributed by atoms with van der Waals surface area (Å²) in [4.78, 5) is 0. The largest absolute Gasteiger partial charge is 0.366 e. The first-order valence-electron chi connectivity index (χ1n) is 4.58.